The lowest BCUT2D eigenvalue weighted by molar-refractivity contribution is -0.129. The molecule has 3 N–H and O–H groups in total. The first-order valence-corrected chi connectivity index (χ1v) is 11.3. The van der Waals surface area contributed by atoms with Gasteiger partial charge in [-0.25, -0.2) is 4.39 Å². The summed E-state index contributed by atoms with van der Waals surface area (Å²) in [6.45, 7) is 1.44. The second-order valence-corrected chi connectivity index (χ2v) is 8.88. The minimum atomic E-state index is -0.306. The Morgan fingerprint density at radius 3 is 2.77 bits per heavy atom. The number of hydrogen-bond donors (Lipinski definition) is 3. The first-order chi connectivity index (χ1) is 15.0. The van der Waals surface area contributed by atoms with E-state index in [0.29, 0.717) is 43.8 Å². The fourth-order valence-electron chi connectivity index (χ4n) is 4.20. The molecule has 0 bridgehead atoms. The maximum atomic E-state index is 13.0. The van der Waals surface area contributed by atoms with Gasteiger partial charge < -0.3 is 16.0 Å². The van der Waals surface area contributed by atoms with Gasteiger partial charge in [-0.3, -0.25) is 19.3 Å². The van der Waals surface area contributed by atoms with Crippen molar-refractivity contribution < 1.29 is 18.8 Å². The van der Waals surface area contributed by atoms with Crippen molar-refractivity contribution in [2.24, 2.45) is 0 Å². The van der Waals surface area contributed by atoms with Gasteiger partial charge in [-0.1, -0.05) is 18.2 Å². The molecule has 3 heterocycles. The van der Waals surface area contributed by atoms with Crippen LogP contribution in [0.25, 0.3) is 0 Å². The van der Waals surface area contributed by atoms with Crippen LogP contribution in [-0.2, 0) is 16.1 Å². The summed E-state index contributed by atoms with van der Waals surface area (Å²) in [5.74, 6) is -0.527. The van der Waals surface area contributed by atoms with Crippen molar-refractivity contribution in [1.29, 1.82) is 0 Å². The lowest BCUT2D eigenvalue weighted by atomic mass is 10.0. The van der Waals surface area contributed by atoms with Crippen LogP contribution in [0.4, 0.5) is 4.39 Å². The van der Waals surface area contributed by atoms with E-state index >= 15 is 0 Å². The zero-order valence-electron chi connectivity index (χ0n) is 17.0. The van der Waals surface area contributed by atoms with Gasteiger partial charge in [0, 0.05) is 38.1 Å². The molecule has 2 aromatic rings. The number of nitrogens with zero attached hydrogens (tertiary/aromatic N) is 1. The number of fused-ring (bicyclic) bond motifs is 1. The number of thiophene rings is 1. The number of carbonyl (C=O) groups excluding carboxylic acids is 3. The van der Waals surface area contributed by atoms with E-state index in [1.807, 2.05) is 11.4 Å². The first kappa shape index (κ1) is 21.5. The third-order valence-corrected chi connectivity index (χ3v) is 6.68. The molecule has 7 nitrogen and oxygen atoms in total. The first-order valence-electron chi connectivity index (χ1n) is 10.4. The number of rotatable bonds is 7. The monoisotopic (exact) mass is 444 g/mol. The second-order valence-electron chi connectivity index (χ2n) is 7.94. The van der Waals surface area contributed by atoms with Gasteiger partial charge in [0.15, 0.2) is 0 Å². The van der Waals surface area contributed by atoms with E-state index in [9.17, 15) is 18.8 Å². The molecule has 0 spiro atoms. The minimum Gasteiger partial charge on any atom is -0.353 e. The van der Waals surface area contributed by atoms with Gasteiger partial charge in [-0.15, -0.1) is 11.3 Å². The average Bonchev–Trinajstić information content (AvgIpc) is 3.43. The highest BCUT2D eigenvalue weighted by Crippen LogP contribution is 2.26. The SMILES string of the molecule is O=C(CCC1CNC(=O)C2CC(NC(=O)c3cccs3)CN12)NCc1ccc(F)cc1. The maximum Gasteiger partial charge on any atom is 0.261 e. The van der Waals surface area contributed by atoms with Crippen LogP contribution < -0.4 is 16.0 Å². The molecule has 0 saturated carbocycles. The van der Waals surface area contributed by atoms with Crippen LogP contribution in [0.2, 0.25) is 0 Å². The fourth-order valence-corrected chi connectivity index (χ4v) is 4.83. The molecule has 0 radical (unpaired) electrons. The van der Waals surface area contributed by atoms with Gasteiger partial charge in [0.2, 0.25) is 11.8 Å². The molecular formula is C22H25FN4O3S. The summed E-state index contributed by atoms with van der Waals surface area (Å²) in [7, 11) is 0. The lowest BCUT2D eigenvalue weighted by Gasteiger charge is -2.37. The Hall–Kier alpha value is -2.78. The summed E-state index contributed by atoms with van der Waals surface area (Å²) in [5.41, 5.74) is 0.837. The number of halogens is 1. The normalized spacial score (nSPS) is 23.1. The highest BCUT2D eigenvalue weighted by Gasteiger charge is 2.43. The van der Waals surface area contributed by atoms with E-state index in [-0.39, 0.29) is 41.7 Å². The van der Waals surface area contributed by atoms with Crippen LogP contribution in [-0.4, -0.2) is 53.8 Å². The van der Waals surface area contributed by atoms with E-state index in [4.69, 9.17) is 0 Å². The van der Waals surface area contributed by atoms with Gasteiger partial charge in [0.1, 0.15) is 5.82 Å². The third-order valence-electron chi connectivity index (χ3n) is 5.81. The Kier molecular flexibility index (Phi) is 6.62. The molecule has 3 atom stereocenters. The van der Waals surface area contributed by atoms with Crippen LogP contribution in [0.1, 0.15) is 34.5 Å². The average molecular weight is 445 g/mol. The second kappa shape index (κ2) is 9.57. The number of benzene rings is 1. The Morgan fingerprint density at radius 2 is 2.03 bits per heavy atom. The molecule has 2 aliphatic rings. The number of hydrogen-bond acceptors (Lipinski definition) is 5. The predicted molar refractivity (Wildman–Crippen MR) is 115 cm³/mol. The summed E-state index contributed by atoms with van der Waals surface area (Å²) in [5, 5.41) is 10.7. The molecule has 9 heteroatoms. The summed E-state index contributed by atoms with van der Waals surface area (Å²) >= 11 is 1.39. The quantitative estimate of drug-likeness (QED) is 0.606. The van der Waals surface area contributed by atoms with E-state index in [2.05, 4.69) is 20.9 Å². The molecule has 2 fully saturated rings. The van der Waals surface area contributed by atoms with Gasteiger partial charge in [-0.2, -0.15) is 0 Å². The van der Waals surface area contributed by atoms with Crippen molar-refractivity contribution in [3.8, 4) is 0 Å². The molecule has 3 amide bonds. The van der Waals surface area contributed by atoms with Crippen LogP contribution in [0.3, 0.4) is 0 Å². The van der Waals surface area contributed by atoms with Crippen molar-refractivity contribution in [1.82, 2.24) is 20.9 Å². The van der Waals surface area contributed by atoms with Crippen LogP contribution in [0.5, 0.6) is 0 Å². The summed E-state index contributed by atoms with van der Waals surface area (Å²) in [6, 6.07) is 9.30. The van der Waals surface area contributed by atoms with E-state index in [0.717, 1.165) is 5.56 Å². The topological polar surface area (TPSA) is 90.5 Å². The summed E-state index contributed by atoms with van der Waals surface area (Å²) in [4.78, 5) is 39.7. The zero-order valence-corrected chi connectivity index (χ0v) is 17.8. The number of amides is 3. The summed E-state index contributed by atoms with van der Waals surface area (Å²) < 4.78 is 13.0. The standard InChI is InChI=1S/C22H25FN4O3S/c23-15-5-3-14(4-6-15)11-24-20(28)8-7-17-12-25-21(29)18-10-16(13-27(17)18)26-22(30)19-2-1-9-31-19/h1-6,9,16-18H,7-8,10-13H2,(H,24,28)(H,25,29)(H,26,30). The molecule has 3 unspecified atom stereocenters. The Bertz CT molecular complexity index is 935. The molecular weight excluding hydrogens is 419 g/mol. The van der Waals surface area contributed by atoms with E-state index in [1.54, 1.807) is 18.2 Å². The predicted octanol–water partition coefficient (Wildman–Crippen LogP) is 1.65. The number of piperazine rings is 1. The van der Waals surface area contributed by atoms with Crippen molar-refractivity contribution in [2.45, 2.75) is 43.9 Å². The van der Waals surface area contributed by atoms with Crippen LogP contribution in [0, 0.1) is 5.82 Å². The highest BCUT2D eigenvalue weighted by molar-refractivity contribution is 7.12. The van der Waals surface area contributed by atoms with E-state index < -0.39 is 0 Å². The molecule has 2 saturated heterocycles. The lowest BCUT2D eigenvalue weighted by Crippen LogP contribution is -2.58. The molecule has 2 aliphatic heterocycles. The molecule has 1 aromatic carbocycles. The van der Waals surface area contributed by atoms with E-state index in [1.165, 1.54) is 23.5 Å². The van der Waals surface area contributed by atoms with Crippen molar-refractivity contribution in [3.63, 3.8) is 0 Å². The summed E-state index contributed by atoms with van der Waals surface area (Å²) in [6.07, 6.45) is 1.50. The van der Waals surface area contributed by atoms with Gasteiger partial charge in [0.05, 0.1) is 10.9 Å². The molecule has 1 aromatic heterocycles. The largest absolute Gasteiger partial charge is 0.353 e. The molecule has 0 aliphatic carbocycles. The fraction of sp³-hybridized carbons (Fsp3) is 0.409. The Morgan fingerprint density at radius 1 is 1.23 bits per heavy atom. The van der Waals surface area contributed by atoms with Crippen LogP contribution in [0.15, 0.2) is 41.8 Å². The number of nitrogens with one attached hydrogen (secondary N) is 3. The molecule has 4 rings (SSSR count). The Balaban J connectivity index is 1.27. The highest BCUT2D eigenvalue weighted by atomic mass is 32.1. The van der Waals surface area contributed by atoms with Gasteiger partial charge in [0.25, 0.3) is 5.91 Å². The smallest absolute Gasteiger partial charge is 0.261 e. The van der Waals surface area contributed by atoms with Gasteiger partial charge in [-0.05, 0) is 42.0 Å². The molecule has 31 heavy (non-hydrogen) atoms. The minimum absolute atomic E-state index is 0.0233. The van der Waals surface area contributed by atoms with Crippen LogP contribution >= 0.6 is 11.3 Å². The maximum absolute atomic E-state index is 13.0. The zero-order chi connectivity index (χ0) is 21.8. The number of carbonyl (C=O) groups is 3. The Labute approximate surface area is 184 Å². The van der Waals surface area contributed by atoms with Crippen molar-refractivity contribution in [2.75, 3.05) is 13.1 Å². The van der Waals surface area contributed by atoms with Gasteiger partial charge >= 0.3 is 0 Å². The van der Waals surface area contributed by atoms with Crippen molar-refractivity contribution in [3.05, 3.63) is 58.0 Å². The van der Waals surface area contributed by atoms with Crippen molar-refractivity contribution >= 4 is 29.1 Å². The molecule has 164 valence electrons. The third kappa shape index (κ3) is 5.29.